The van der Waals surface area contributed by atoms with Gasteiger partial charge in [-0.15, -0.1) is 0 Å². The van der Waals surface area contributed by atoms with E-state index in [1.165, 1.54) is 19.4 Å². The fourth-order valence-corrected chi connectivity index (χ4v) is 2.28. The third-order valence-electron chi connectivity index (χ3n) is 3.76. The van der Waals surface area contributed by atoms with E-state index in [1.807, 2.05) is 19.0 Å². The molecule has 8 nitrogen and oxygen atoms in total. The molecule has 0 fully saturated rings. The van der Waals surface area contributed by atoms with Crippen LogP contribution in [0.4, 0.5) is 5.69 Å². The lowest BCUT2D eigenvalue weighted by Gasteiger charge is -2.12. The SMILES string of the molecule is COc1ccc(NC(=O)c2cc(C(=O)NCCN(C)C)ccn2)c(OC)c1. The molecule has 0 atom stereocenters. The molecule has 0 radical (unpaired) electrons. The molecule has 0 saturated heterocycles. The minimum Gasteiger partial charge on any atom is -0.497 e. The predicted molar refractivity (Wildman–Crippen MR) is 103 cm³/mol. The summed E-state index contributed by atoms with van der Waals surface area (Å²) in [6, 6.07) is 8.07. The molecule has 0 unspecified atom stereocenters. The quantitative estimate of drug-likeness (QED) is 0.732. The predicted octanol–water partition coefficient (Wildman–Crippen LogP) is 1.64. The summed E-state index contributed by atoms with van der Waals surface area (Å²) in [5.74, 6) is 0.372. The number of ether oxygens (including phenoxy) is 2. The normalized spacial score (nSPS) is 10.4. The average molecular weight is 372 g/mol. The third-order valence-corrected chi connectivity index (χ3v) is 3.76. The summed E-state index contributed by atoms with van der Waals surface area (Å²) in [6.45, 7) is 1.24. The number of aromatic nitrogens is 1. The van der Waals surface area contributed by atoms with Crippen molar-refractivity contribution in [2.75, 3.05) is 46.7 Å². The topological polar surface area (TPSA) is 92.8 Å². The van der Waals surface area contributed by atoms with Crippen LogP contribution in [-0.2, 0) is 0 Å². The fraction of sp³-hybridized carbons (Fsp3) is 0.316. The Bertz CT molecular complexity index is 808. The number of nitrogens with zero attached hydrogens (tertiary/aromatic N) is 2. The molecule has 27 heavy (non-hydrogen) atoms. The highest BCUT2D eigenvalue weighted by atomic mass is 16.5. The van der Waals surface area contributed by atoms with Gasteiger partial charge < -0.3 is 25.0 Å². The Kier molecular flexibility index (Phi) is 7.13. The zero-order valence-corrected chi connectivity index (χ0v) is 15.9. The number of carbonyl (C=O) groups is 2. The van der Waals surface area contributed by atoms with Crippen LogP contribution < -0.4 is 20.1 Å². The van der Waals surface area contributed by atoms with Gasteiger partial charge in [0.25, 0.3) is 11.8 Å². The van der Waals surface area contributed by atoms with Crippen LogP contribution in [0.2, 0.25) is 0 Å². The van der Waals surface area contributed by atoms with E-state index in [1.54, 1.807) is 31.4 Å². The Morgan fingerprint density at radius 2 is 1.85 bits per heavy atom. The maximum atomic E-state index is 12.5. The van der Waals surface area contributed by atoms with Crippen LogP contribution in [0.3, 0.4) is 0 Å². The summed E-state index contributed by atoms with van der Waals surface area (Å²) in [5, 5.41) is 5.54. The van der Waals surface area contributed by atoms with Crippen LogP contribution in [0.15, 0.2) is 36.5 Å². The molecular weight excluding hydrogens is 348 g/mol. The lowest BCUT2D eigenvalue weighted by molar-refractivity contribution is 0.0951. The maximum absolute atomic E-state index is 12.5. The number of likely N-dealkylation sites (N-methyl/N-ethyl adjacent to an activating group) is 1. The highest BCUT2D eigenvalue weighted by Gasteiger charge is 2.14. The molecule has 2 rings (SSSR count). The molecule has 2 aromatic rings. The van der Waals surface area contributed by atoms with Gasteiger partial charge in [0.05, 0.1) is 19.9 Å². The Labute approximate surface area is 158 Å². The van der Waals surface area contributed by atoms with Crippen LogP contribution in [0, 0.1) is 0 Å². The summed E-state index contributed by atoms with van der Waals surface area (Å²) >= 11 is 0. The van der Waals surface area contributed by atoms with Gasteiger partial charge in [-0.3, -0.25) is 14.6 Å². The zero-order valence-electron chi connectivity index (χ0n) is 15.9. The van der Waals surface area contributed by atoms with Crippen molar-refractivity contribution < 1.29 is 19.1 Å². The Morgan fingerprint density at radius 3 is 2.52 bits per heavy atom. The van der Waals surface area contributed by atoms with Gasteiger partial charge in [-0.25, -0.2) is 0 Å². The van der Waals surface area contributed by atoms with Gasteiger partial charge in [0.2, 0.25) is 0 Å². The molecule has 144 valence electrons. The summed E-state index contributed by atoms with van der Waals surface area (Å²) in [6.07, 6.45) is 1.43. The van der Waals surface area contributed by atoms with Crippen LogP contribution in [0.5, 0.6) is 11.5 Å². The molecule has 0 aliphatic rings. The first-order chi connectivity index (χ1) is 12.9. The van der Waals surface area contributed by atoms with E-state index in [2.05, 4.69) is 15.6 Å². The van der Waals surface area contributed by atoms with Crippen molar-refractivity contribution in [3.8, 4) is 11.5 Å². The largest absolute Gasteiger partial charge is 0.497 e. The highest BCUT2D eigenvalue weighted by molar-refractivity contribution is 6.05. The number of anilines is 1. The molecule has 2 amide bonds. The number of methoxy groups -OCH3 is 2. The van der Waals surface area contributed by atoms with Crippen molar-refractivity contribution in [1.82, 2.24) is 15.2 Å². The number of hydrogen-bond donors (Lipinski definition) is 2. The smallest absolute Gasteiger partial charge is 0.274 e. The first-order valence-corrected chi connectivity index (χ1v) is 8.37. The second-order valence-electron chi connectivity index (χ2n) is 6.01. The van der Waals surface area contributed by atoms with Crippen molar-refractivity contribution in [2.24, 2.45) is 0 Å². The lowest BCUT2D eigenvalue weighted by Crippen LogP contribution is -2.31. The van der Waals surface area contributed by atoms with Crippen molar-refractivity contribution >= 4 is 17.5 Å². The van der Waals surface area contributed by atoms with Crippen LogP contribution in [-0.4, -0.2) is 63.1 Å². The number of pyridine rings is 1. The summed E-state index contributed by atoms with van der Waals surface area (Å²) in [5.41, 5.74) is 0.981. The summed E-state index contributed by atoms with van der Waals surface area (Å²) in [7, 11) is 6.90. The molecule has 0 saturated carbocycles. The molecular formula is C19H24N4O4. The van der Waals surface area contributed by atoms with Crippen molar-refractivity contribution in [1.29, 1.82) is 0 Å². The minimum absolute atomic E-state index is 0.133. The van der Waals surface area contributed by atoms with Gasteiger partial charge in [0.15, 0.2) is 0 Å². The van der Waals surface area contributed by atoms with Crippen LogP contribution in [0.1, 0.15) is 20.8 Å². The Balaban J connectivity index is 2.10. The van der Waals surface area contributed by atoms with E-state index in [0.717, 1.165) is 6.54 Å². The van der Waals surface area contributed by atoms with Gasteiger partial charge in [-0.2, -0.15) is 0 Å². The average Bonchev–Trinajstić information content (AvgIpc) is 2.67. The fourth-order valence-electron chi connectivity index (χ4n) is 2.28. The molecule has 0 spiro atoms. The second-order valence-corrected chi connectivity index (χ2v) is 6.01. The first kappa shape index (κ1) is 20.2. The van der Waals surface area contributed by atoms with Crippen molar-refractivity contribution in [2.45, 2.75) is 0 Å². The molecule has 1 aromatic heterocycles. The van der Waals surface area contributed by atoms with Crippen LogP contribution >= 0.6 is 0 Å². The first-order valence-electron chi connectivity index (χ1n) is 8.37. The third kappa shape index (κ3) is 5.68. The van der Waals surface area contributed by atoms with Crippen LogP contribution in [0.25, 0.3) is 0 Å². The molecule has 2 N–H and O–H groups in total. The van der Waals surface area contributed by atoms with Gasteiger partial charge >= 0.3 is 0 Å². The van der Waals surface area contributed by atoms with E-state index < -0.39 is 5.91 Å². The molecule has 0 aliphatic heterocycles. The number of carbonyl (C=O) groups excluding carboxylic acids is 2. The van der Waals surface area contributed by atoms with E-state index in [0.29, 0.717) is 29.3 Å². The monoisotopic (exact) mass is 372 g/mol. The highest BCUT2D eigenvalue weighted by Crippen LogP contribution is 2.29. The van der Waals surface area contributed by atoms with E-state index in [-0.39, 0.29) is 11.6 Å². The van der Waals surface area contributed by atoms with Gasteiger partial charge in [-0.1, -0.05) is 0 Å². The number of benzene rings is 1. The van der Waals surface area contributed by atoms with Crippen molar-refractivity contribution in [3.05, 3.63) is 47.8 Å². The molecule has 0 aliphatic carbocycles. The minimum atomic E-state index is -0.443. The molecule has 8 heteroatoms. The second kappa shape index (κ2) is 9.54. The van der Waals surface area contributed by atoms with Gasteiger partial charge in [0.1, 0.15) is 17.2 Å². The Hall–Kier alpha value is -3.13. The Morgan fingerprint density at radius 1 is 1.07 bits per heavy atom. The summed E-state index contributed by atoms with van der Waals surface area (Å²) < 4.78 is 10.4. The van der Waals surface area contributed by atoms with E-state index >= 15 is 0 Å². The molecule has 1 heterocycles. The maximum Gasteiger partial charge on any atom is 0.274 e. The van der Waals surface area contributed by atoms with Gasteiger partial charge in [-0.05, 0) is 38.4 Å². The number of amides is 2. The lowest BCUT2D eigenvalue weighted by atomic mass is 10.2. The number of rotatable bonds is 8. The standard InChI is InChI=1S/C19H24N4O4/c1-23(2)10-9-21-18(24)13-7-8-20-16(11-13)19(25)22-15-6-5-14(26-3)12-17(15)27-4/h5-8,11-12H,9-10H2,1-4H3,(H,21,24)(H,22,25). The van der Waals surface area contributed by atoms with Crippen molar-refractivity contribution in [3.63, 3.8) is 0 Å². The van der Waals surface area contributed by atoms with E-state index in [4.69, 9.17) is 9.47 Å². The van der Waals surface area contributed by atoms with E-state index in [9.17, 15) is 9.59 Å². The molecule has 0 bridgehead atoms. The number of hydrogen-bond acceptors (Lipinski definition) is 6. The summed E-state index contributed by atoms with van der Waals surface area (Å²) in [4.78, 5) is 30.7. The number of nitrogens with one attached hydrogen (secondary N) is 2. The van der Waals surface area contributed by atoms with Gasteiger partial charge in [0, 0.05) is 30.9 Å². The zero-order chi connectivity index (χ0) is 19.8. The molecule has 1 aromatic carbocycles.